The Morgan fingerprint density at radius 1 is 1.38 bits per heavy atom. The van der Waals surface area contributed by atoms with E-state index in [-0.39, 0.29) is 17.5 Å². The third kappa shape index (κ3) is 2.31. The quantitative estimate of drug-likeness (QED) is 0.635. The standard InChI is InChI=1S/C21H21FN6O/c1-12-9-23-13(2)16-11-25-28-6-4-18(26-19(16)28)27-5-3-14-8-21(14,27)17-7-15(22)10-24-20(17)29-12/h4,6-7,10-12,14,23H,2-3,5,8-9H2,1H3/t12-,14?,21?/m0/s1. The third-order valence-corrected chi connectivity index (χ3v) is 6.41. The van der Waals surface area contributed by atoms with E-state index < -0.39 is 0 Å². The molecule has 29 heavy (non-hydrogen) atoms. The van der Waals surface area contributed by atoms with Crippen LogP contribution in [0.4, 0.5) is 10.2 Å². The largest absolute Gasteiger partial charge is 0.473 e. The van der Waals surface area contributed by atoms with Crippen LogP contribution in [-0.2, 0) is 5.54 Å². The number of piperidine rings is 1. The Morgan fingerprint density at radius 3 is 3.14 bits per heavy atom. The zero-order valence-corrected chi connectivity index (χ0v) is 16.1. The molecule has 2 aliphatic heterocycles. The second kappa shape index (κ2) is 5.68. The fourth-order valence-electron chi connectivity index (χ4n) is 4.91. The lowest BCUT2D eigenvalue weighted by Gasteiger charge is -2.31. The Labute approximate surface area is 167 Å². The number of fused-ring (bicyclic) bond motifs is 3. The molecule has 148 valence electrons. The fourth-order valence-corrected chi connectivity index (χ4v) is 4.91. The summed E-state index contributed by atoms with van der Waals surface area (Å²) in [4.78, 5) is 11.5. The minimum absolute atomic E-state index is 0.171. The van der Waals surface area contributed by atoms with Crippen molar-refractivity contribution in [2.24, 2.45) is 5.92 Å². The first-order chi connectivity index (χ1) is 14.1. The highest BCUT2D eigenvalue weighted by Crippen LogP contribution is 2.64. The summed E-state index contributed by atoms with van der Waals surface area (Å²) in [5.74, 6) is 1.46. The van der Waals surface area contributed by atoms with Crippen LogP contribution >= 0.6 is 0 Å². The summed E-state index contributed by atoms with van der Waals surface area (Å²) in [5.41, 5.74) is 2.87. The van der Waals surface area contributed by atoms with Gasteiger partial charge in [0, 0.05) is 24.0 Å². The van der Waals surface area contributed by atoms with Gasteiger partial charge in [-0.2, -0.15) is 5.10 Å². The molecule has 3 aromatic rings. The molecule has 1 aliphatic carbocycles. The molecule has 0 radical (unpaired) electrons. The number of pyridine rings is 1. The van der Waals surface area contributed by atoms with Crippen LogP contribution in [0.5, 0.6) is 5.88 Å². The van der Waals surface area contributed by atoms with E-state index in [9.17, 15) is 4.39 Å². The van der Waals surface area contributed by atoms with Crippen LogP contribution < -0.4 is 15.0 Å². The highest BCUT2D eigenvalue weighted by molar-refractivity contribution is 5.74. The Bertz CT molecular complexity index is 1160. The molecule has 2 fully saturated rings. The predicted octanol–water partition coefficient (Wildman–Crippen LogP) is 2.73. The number of nitrogens with one attached hydrogen (secondary N) is 1. The molecule has 7 nitrogen and oxygen atoms in total. The van der Waals surface area contributed by atoms with E-state index in [1.807, 2.05) is 19.2 Å². The third-order valence-electron chi connectivity index (χ3n) is 6.41. The molecule has 8 heteroatoms. The van der Waals surface area contributed by atoms with Crippen molar-refractivity contribution in [3.63, 3.8) is 0 Å². The molecule has 0 aromatic carbocycles. The van der Waals surface area contributed by atoms with Crippen molar-refractivity contribution in [1.82, 2.24) is 24.9 Å². The average molecular weight is 392 g/mol. The maximum atomic E-state index is 14.2. The Kier molecular flexibility index (Phi) is 3.29. The van der Waals surface area contributed by atoms with Gasteiger partial charge >= 0.3 is 0 Å². The zero-order chi connectivity index (χ0) is 19.8. The first-order valence-corrected chi connectivity index (χ1v) is 9.94. The van der Waals surface area contributed by atoms with Gasteiger partial charge in [-0.15, -0.1) is 0 Å². The highest BCUT2D eigenvalue weighted by Gasteiger charge is 2.65. The SMILES string of the molecule is C=C1NC[C@H](C)Oc2ncc(F)cc2C23CC2CCN3c2ccn3ncc1c3n2. The summed E-state index contributed by atoms with van der Waals surface area (Å²) < 4.78 is 22.2. The zero-order valence-electron chi connectivity index (χ0n) is 16.1. The van der Waals surface area contributed by atoms with Crippen molar-refractivity contribution in [1.29, 1.82) is 0 Å². The number of nitrogens with zero attached hydrogens (tertiary/aromatic N) is 5. The van der Waals surface area contributed by atoms with Crippen LogP contribution in [0, 0.1) is 11.7 Å². The lowest BCUT2D eigenvalue weighted by molar-refractivity contribution is 0.209. The van der Waals surface area contributed by atoms with Crippen molar-refractivity contribution in [2.75, 3.05) is 18.0 Å². The van der Waals surface area contributed by atoms with Crippen LogP contribution in [0.2, 0.25) is 0 Å². The van der Waals surface area contributed by atoms with Crippen LogP contribution in [0.3, 0.4) is 0 Å². The molecule has 5 heterocycles. The van der Waals surface area contributed by atoms with E-state index in [0.717, 1.165) is 47.7 Å². The number of ether oxygens (including phenoxy) is 1. The minimum Gasteiger partial charge on any atom is -0.473 e. The Hall–Kier alpha value is -3.16. The topological polar surface area (TPSA) is 67.6 Å². The van der Waals surface area contributed by atoms with Gasteiger partial charge in [0.05, 0.1) is 30.0 Å². The fraction of sp³-hybridized carbons (Fsp3) is 0.381. The number of halogens is 1. The Morgan fingerprint density at radius 2 is 2.28 bits per heavy atom. The van der Waals surface area contributed by atoms with Gasteiger partial charge in [-0.1, -0.05) is 6.58 Å². The normalized spacial score (nSPS) is 27.8. The minimum atomic E-state index is -0.343. The van der Waals surface area contributed by atoms with Crippen LogP contribution in [0.1, 0.15) is 30.9 Å². The van der Waals surface area contributed by atoms with E-state index in [1.54, 1.807) is 16.8 Å². The first kappa shape index (κ1) is 16.8. The average Bonchev–Trinajstić information content (AvgIpc) is 3.10. The molecule has 1 spiro atoms. The number of rotatable bonds is 0. The summed E-state index contributed by atoms with van der Waals surface area (Å²) >= 11 is 0. The van der Waals surface area contributed by atoms with E-state index >= 15 is 0 Å². The lowest BCUT2D eigenvalue weighted by atomic mass is 10.0. The van der Waals surface area contributed by atoms with Crippen LogP contribution in [-0.4, -0.2) is 38.8 Å². The molecule has 1 N–H and O–H groups in total. The molecule has 3 atom stereocenters. The van der Waals surface area contributed by atoms with E-state index in [4.69, 9.17) is 9.72 Å². The summed E-state index contributed by atoms with van der Waals surface area (Å²) in [6.07, 6.45) is 6.74. The van der Waals surface area contributed by atoms with Crippen molar-refractivity contribution in [3.05, 3.63) is 54.2 Å². The molecule has 1 saturated heterocycles. The molecule has 3 aromatic heterocycles. The molecule has 1 saturated carbocycles. The Balaban J connectivity index is 1.58. The molecule has 2 unspecified atom stereocenters. The summed E-state index contributed by atoms with van der Waals surface area (Å²) in [6.45, 7) is 7.52. The van der Waals surface area contributed by atoms with Crippen molar-refractivity contribution in [3.8, 4) is 5.88 Å². The molecule has 3 aliphatic rings. The van der Waals surface area contributed by atoms with Gasteiger partial charge in [0.25, 0.3) is 0 Å². The van der Waals surface area contributed by atoms with Crippen molar-refractivity contribution >= 4 is 17.2 Å². The molecule has 0 amide bonds. The maximum Gasteiger partial charge on any atom is 0.219 e. The number of aromatic nitrogens is 4. The van der Waals surface area contributed by atoms with Gasteiger partial charge in [-0.05, 0) is 37.8 Å². The molecule has 2 bridgehead atoms. The molecular weight excluding hydrogens is 371 g/mol. The van der Waals surface area contributed by atoms with Crippen molar-refractivity contribution in [2.45, 2.75) is 31.4 Å². The summed E-state index contributed by atoms with van der Waals surface area (Å²) in [6, 6.07) is 3.56. The second-order valence-electron chi connectivity index (χ2n) is 8.17. The number of anilines is 1. The van der Waals surface area contributed by atoms with Crippen molar-refractivity contribution < 1.29 is 9.13 Å². The summed E-state index contributed by atoms with van der Waals surface area (Å²) in [5, 5.41) is 7.72. The predicted molar refractivity (Wildman–Crippen MR) is 106 cm³/mol. The molecule has 6 rings (SSSR count). The van der Waals surface area contributed by atoms with E-state index in [1.165, 1.54) is 6.20 Å². The van der Waals surface area contributed by atoms with Gasteiger partial charge in [0.1, 0.15) is 17.7 Å². The lowest BCUT2D eigenvalue weighted by Crippen LogP contribution is -2.35. The van der Waals surface area contributed by atoms with Crippen LogP contribution in [0.25, 0.3) is 11.3 Å². The van der Waals surface area contributed by atoms with Gasteiger partial charge < -0.3 is 15.0 Å². The smallest absolute Gasteiger partial charge is 0.219 e. The van der Waals surface area contributed by atoms with E-state index in [2.05, 4.69) is 26.9 Å². The van der Waals surface area contributed by atoms with Crippen LogP contribution in [0.15, 0.2) is 37.3 Å². The number of hydrogen-bond acceptors (Lipinski definition) is 6. The maximum absolute atomic E-state index is 14.2. The van der Waals surface area contributed by atoms with E-state index in [0.29, 0.717) is 18.3 Å². The van der Waals surface area contributed by atoms with Gasteiger partial charge in [0.15, 0.2) is 5.65 Å². The van der Waals surface area contributed by atoms with Gasteiger partial charge in [-0.3, -0.25) is 0 Å². The second-order valence-corrected chi connectivity index (χ2v) is 8.17. The highest BCUT2D eigenvalue weighted by atomic mass is 19.1. The summed E-state index contributed by atoms with van der Waals surface area (Å²) in [7, 11) is 0. The van der Waals surface area contributed by atoms with Gasteiger partial charge in [-0.25, -0.2) is 18.9 Å². The molecular formula is C21H21FN6O. The van der Waals surface area contributed by atoms with Gasteiger partial charge in [0.2, 0.25) is 5.88 Å². The first-order valence-electron chi connectivity index (χ1n) is 9.94. The number of hydrogen-bond donors (Lipinski definition) is 1. The monoisotopic (exact) mass is 392 g/mol.